The lowest BCUT2D eigenvalue weighted by Crippen LogP contribution is -2.24. The van der Waals surface area contributed by atoms with Gasteiger partial charge < -0.3 is 10.2 Å². The summed E-state index contributed by atoms with van der Waals surface area (Å²) in [5, 5.41) is 18.3. The summed E-state index contributed by atoms with van der Waals surface area (Å²) < 4.78 is 0. The molecule has 0 radical (unpaired) electrons. The minimum atomic E-state index is -0.598. The normalized spacial score (nSPS) is 31.4. The van der Waals surface area contributed by atoms with Gasteiger partial charge in [-0.3, -0.25) is 0 Å². The van der Waals surface area contributed by atoms with E-state index in [2.05, 4.69) is 6.92 Å². The highest BCUT2D eigenvalue weighted by Crippen LogP contribution is 2.25. The quantitative estimate of drug-likeness (QED) is 0.697. The monoisotopic (exact) mass is 218 g/mol. The summed E-state index contributed by atoms with van der Waals surface area (Å²) in [6.45, 7) is 3.18. The molecule has 0 bridgehead atoms. The smallest absolute Gasteiger partial charge is 0.0850 e. The van der Waals surface area contributed by atoms with E-state index < -0.39 is 6.10 Å². The first-order valence-electron chi connectivity index (χ1n) is 5.77. The molecular formula is C11H22O4. The average Bonchev–Trinajstić information content (AvgIpc) is 2.33. The first kappa shape index (κ1) is 12.9. The van der Waals surface area contributed by atoms with Gasteiger partial charge in [-0.15, -0.1) is 0 Å². The lowest BCUT2D eigenvalue weighted by molar-refractivity contribution is -0.301. The molecule has 0 aromatic rings. The third kappa shape index (κ3) is 4.93. The molecule has 1 saturated heterocycles. The molecule has 2 N–H and O–H groups in total. The standard InChI is InChI=1S/C11H22O4/c1-9-8-15-14-5-3-2-4-10(9)6-11(13)7-12/h9-13H,2-8H2,1H3. The van der Waals surface area contributed by atoms with Crippen molar-refractivity contribution < 1.29 is 20.0 Å². The lowest BCUT2D eigenvalue weighted by atomic mass is 9.85. The second-order valence-electron chi connectivity index (χ2n) is 4.41. The number of hydrogen-bond donors (Lipinski definition) is 2. The zero-order valence-electron chi connectivity index (χ0n) is 9.39. The summed E-state index contributed by atoms with van der Waals surface area (Å²) in [5.74, 6) is 0.776. The summed E-state index contributed by atoms with van der Waals surface area (Å²) in [6.07, 6.45) is 3.22. The van der Waals surface area contributed by atoms with Gasteiger partial charge >= 0.3 is 0 Å². The maximum Gasteiger partial charge on any atom is 0.0850 e. The first-order valence-corrected chi connectivity index (χ1v) is 5.77. The van der Waals surface area contributed by atoms with E-state index in [1.54, 1.807) is 0 Å². The van der Waals surface area contributed by atoms with Crippen LogP contribution in [0.5, 0.6) is 0 Å². The second-order valence-corrected chi connectivity index (χ2v) is 4.41. The van der Waals surface area contributed by atoms with Gasteiger partial charge in [-0.2, -0.15) is 0 Å². The van der Waals surface area contributed by atoms with E-state index in [4.69, 9.17) is 14.9 Å². The highest BCUT2D eigenvalue weighted by atomic mass is 17.2. The van der Waals surface area contributed by atoms with Gasteiger partial charge in [0.05, 0.1) is 25.9 Å². The van der Waals surface area contributed by atoms with Crippen molar-refractivity contribution in [3.63, 3.8) is 0 Å². The Hall–Kier alpha value is -0.160. The number of rotatable bonds is 3. The molecule has 4 nitrogen and oxygen atoms in total. The molecule has 1 heterocycles. The van der Waals surface area contributed by atoms with Crippen LogP contribution in [-0.2, 0) is 9.78 Å². The Kier molecular flexibility index (Phi) is 6.17. The molecule has 0 aromatic carbocycles. The summed E-state index contributed by atoms with van der Waals surface area (Å²) >= 11 is 0. The van der Waals surface area contributed by atoms with E-state index in [0.29, 0.717) is 31.5 Å². The molecule has 15 heavy (non-hydrogen) atoms. The Morgan fingerprint density at radius 2 is 2.13 bits per heavy atom. The highest BCUT2D eigenvalue weighted by molar-refractivity contribution is 4.70. The summed E-state index contributed by atoms with van der Waals surface area (Å²) in [7, 11) is 0. The number of hydrogen-bond acceptors (Lipinski definition) is 4. The Morgan fingerprint density at radius 1 is 1.33 bits per heavy atom. The zero-order chi connectivity index (χ0) is 11.1. The van der Waals surface area contributed by atoms with Crippen LogP contribution in [0.4, 0.5) is 0 Å². The Morgan fingerprint density at radius 3 is 2.87 bits per heavy atom. The third-order valence-corrected chi connectivity index (χ3v) is 3.06. The van der Waals surface area contributed by atoms with Crippen molar-refractivity contribution in [2.24, 2.45) is 11.8 Å². The predicted octanol–water partition coefficient (Wildman–Crippen LogP) is 1.11. The Labute approximate surface area is 91.1 Å². The van der Waals surface area contributed by atoms with E-state index in [1.807, 2.05) is 0 Å². The minimum absolute atomic E-state index is 0.152. The first-order chi connectivity index (χ1) is 7.24. The maximum atomic E-state index is 9.44. The highest BCUT2D eigenvalue weighted by Gasteiger charge is 2.21. The van der Waals surface area contributed by atoms with Gasteiger partial charge in [0.2, 0.25) is 0 Å². The summed E-state index contributed by atoms with van der Waals surface area (Å²) in [6, 6.07) is 0. The summed E-state index contributed by atoms with van der Waals surface area (Å²) in [4.78, 5) is 10.1. The van der Waals surface area contributed by atoms with Crippen molar-refractivity contribution in [1.82, 2.24) is 0 Å². The number of aliphatic hydroxyl groups is 2. The fourth-order valence-corrected chi connectivity index (χ4v) is 1.98. The van der Waals surface area contributed by atoms with E-state index in [1.165, 1.54) is 0 Å². The topological polar surface area (TPSA) is 58.9 Å². The predicted molar refractivity (Wildman–Crippen MR) is 56.1 cm³/mol. The van der Waals surface area contributed by atoms with Crippen LogP contribution in [0.3, 0.4) is 0 Å². The van der Waals surface area contributed by atoms with Crippen LogP contribution in [0, 0.1) is 11.8 Å². The number of aliphatic hydroxyl groups excluding tert-OH is 2. The molecule has 3 atom stereocenters. The van der Waals surface area contributed by atoms with Gasteiger partial charge in [0.15, 0.2) is 0 Å². The Balaban J connectivity index is 2.40. The average molecular weight is 218 g/mol. The van der Waals surface area contributed by atoms with E-state index in [9.17, 15) is 5.11 Å². The Bertz CT molecular complexity index is 163. The van der Waals surface area contributed by atoms with Crippen molar-refractivity contribution in [2.45, 2.75) is 38.7 Å². The van der Waals surface area contributed by atoms with Crippen LogP contribution in [0.2, 0.25) is 0 Å². The van der Waals surface area contributed by atoms with E-state index >= 15 is 0 Å². The molecule has 1 aliphatic rings. The molecule has 0 spiro atoms. The van der Waals surface area contributed by atoms with E-state index in [0.717, 1.165) is 19.3 Å². The van der Waals surface area contributed by atoms with Gasteiger partial charge in [-0.05, 0) is 31.1 Å². The van der Waals surface area contributed by atoms with Crippen LogP contribution < -0.4 is 0 Å². The largest absolute Gasteiger partial charge is 0.394 e. The zero-order valence-corrected chi connectivity index (χ0v) is 9.39. The molecule has 1 rings (SSSR count). The third-order valence-electron chi connectivity index (χ3n) is 3.06. The van der Waals surface area contributed by atoms with Crippen molar-refractivity contribution >= 4 is 0 Å². The minimum Gasteiger partial charge on any atom is -0.394 e. The van der Waals surface area contributed by atoms with Crippen LogP contribution in [0.25, 0.3) is 0 Å². The molecule has 0 aliphatic carbocycles. The molecule has 1 fully saturated rings. The second kappa shape index (κ2) is 7.17. The van der Waals surface area contributed by atoms with Crippen LogP contribution in [-0.4, -0.2) is 36.1 Å². The van der Waals surface area contributed by atoms with Crippen molar-refractivity contribution in [1.29, 1.82) is 0 Å². The molecule has 90 valence electrons. The van der Waals surface area contributed by atoms with E-state index in [-0.39, 0.29) is 6.61 Å². The lowest BCUT2D eigenvalue weighted by Gasteiger charge is -2.24. The molecular weight excluding hydrogens is 196 g/mol. The van der Waals surface area contributed by atoms with Crippen LogP contribution >= 0.6 is 0 Å². The fourth-order valence-electron chi connectivity index (χ4n) is 1.98. The van der Waals surface area contributed by atoms with Gasteiger partial charge in [-0.25, -0.2) is 9.78 Å². The van der Waals surface area contributed by atoms with Crippen molar-refractivity contribution in [3.8, 4) is 0 Å². The molecule has 0 saturated carbocycles. The SMILES string of the molecule is CC1COOCCCCC1CC(O)CO. The maximum absolute atomic E-state index is 9.44. The van der Waals surface area contributed by atoms with Crippen LogP contribution in [0.15, 0.2) is 0 Å². The van der Waals surface area contributed by atoms with Crippen molar-refractivity contribution in [2.75, 3.05) is 19.8 Å². The molecule has 3 unspecified atom stereocenters. The van der Waals surface area contributed by atoms with Gasteiger partial charge in [0.25, 0.3) is 0 Å². The fraction of sp³-hybridized carbons (Fsp3) is 1.00. The van der Waals surface area contributed by atoms with Gasteiger partial charge in [0.1, 0.15) is 0 Å². The molecule has 1 aliphatic heterocycles. The van der Waals surface area contributed by atoms with Gasteiger partial charge in [-0.1, -0.05) is 13.3 Å². The summed E-state index contributed by atoms with van der Waals surface area (Å²) in [5.41, 5.74) is 0. The van der Waals surface area contributed by atoms with Crippen molar-refractivity contribution in [3.05, 3.63) is 0 Å². The molecule has 4 heteroatoms. The van der Waals surface area contributed by atoms with Crippen LogP contribution in [0.1, 0.15) is 32.6 Å². The van der Waals surface area contributed by atoms with Gasteiger partial charge in [0, 0.05) is 0 Å². The molecule has 0 aromatic heterocycles. The molecule has 0 amide bonds.